The molecule has 2 N–H and O–H groups in total. The van der Waals surface area contributed by atoms with Crippen LogP contribution < -0.4 is 5.73 Å². The van der Waals surface area contributed by atoms with Crippen molar-refractivity contribution in [3.8, 4) is 0 Å². The standard InChI is InChI=1S/C18H24N2OS.ClH/c19-12-6-13-20(15-16-7-2-1-3-8-16)18(21)11-4-9-17-10-5-14-22-17;/h1-3,5,7-8,10,14H,4,6,9,11-13,15,19H2;1H. The molecule has 0 atom stereocenters. The number of amides is 1. The van der Waals surface area contributed by atoms with E-state index in [0.29, 0.717) is 19.5 Å². The summed E-state index contributed by atoms with van der Waals surface area (Å²) < 4.78 is 0. The molecule has 0 aliphatic carbocycles. The molecule has 0 unspecified atom stereocenters. The van der Waals surface area contributed by atoms with Crippen LogP contribution in [0.25, 0.3) is 0 Å². The van der Waals surface area contributed by atoms with Crippen LogP contribution in [0.3, 0.4) is 0 Å². The molecule has 2 rings (SSSR count). The van der Waals surface area contributed by atoms with Crippen molar-refractivity contribution in [1.82, 2.24) is 4.90 Å². The van der Waals surface area contributed by atoms with Gasteiger partial charge in [-0.1, -0.05) is 36.4 Å². The Morgan fingerprint density at radius 1 is 1.09 bits per heavy atom. The summed E-state index contributed by atoms with van der Waals surface area (Å²) in [6.07, 6.45) is 3.35. The van der Waals surface area contributed by atoms with Crippen LogP contribution in [0, 0.1) is 0 Å². The van der Waals surface area contributed by atoms with E-state index in [0.717, 1.165) is 25.8 Å². The molecular weight excluding hydrogens is 328 g/mol. The number of thiophene rings is 1. The summed E-state index contributed by atoms with van der Waals surface area (Å²) >= 11 is 1.76. The monoisotopic (exact) mass is 352 g/mol. The van der Waals surface area contributed by atoms with Gasteiger partial charge in [0.05, 0.1) is 0 Å². The Bertz CT molecular complexity index is 545. The first-order valence-corrected chi connectivity index (χ1v) is 8.71. The minimum absolute atomic E-state index is 0. The molecule has 1 amide bonds. The van der Waals surface area contributed by atoms with Crippen molar-refractivity contribution < 1.29 is 4.79 Å². The number of carbonyl (C=O) groups is 1. The van der Waals surface area contributed by atoms with Gasteiger partial charge in [-0.25, -0.2) is 0 Å². The molecule has 0 bridgehead atoms. The summed E-state index contributed by atoms with van der Waals surface area (Å²) in [5.74, 6) is 0.230. The first-order valence-electron chi connectivity index (χ1n) is 7.83. The first-order chi connectivity index (χ1) is 10.8. The lowest BCUT2D eigenvalue weighted by Crippen LogP contribution is -2.32. The van der Waals surface area contributed by atoms with Crippen LogP contribution in [-0.2, 0) is 17.8 Å². The van der Waals surface area contributed by atoms with E-state index in [1.807, 2.05) is 23.1 Å². The smallest absolute Gasteiger partial charge is 0.222 e. The molecule has 23 heavy (non-hydrogen) atoms. The summed E-state index contributed by atoms with van der Waals surface area (Å²) in [4.78, 5) is 15.8. The Morgan fingerprint density at radius 2 is 1.87 bits per heavy atom. The van der Waals surface area contributed by atoms with Crippen molar-refractivity contribution in [3.05, 3.63) is 58.3 Å². The van der Waals surface area contributed by atoms with E-state index >= 15 is 0 Å². The fraction of sp³-hybridized carbons (Fsp3) is 0.389. The lowest BCUT2D eigenvalue weighted by Gasteiger charge is -2.22. The highest BCUT2D eigenvalue weighted by Gasteiger charge is 2.13. The SMILES string of the molecule is Cl.NCCCN(Cc1ccccc1)C(=O)CCCc1cccs1. The second kappa shape index (κ2) is 11.2. The highest BCUT2D eigenvalue weighted by Crippen LogP contribution is 2.13. The van der Waals surface area contributed by atoms with Crippen molar-refractivity contribution >= 4 is 29.7 Å². The second-order valence-electron chi connectivity index (χ2n) is 5.38. The van der Waals surface area contributed by atoms with Crippen LogP contribution in [0.2, 0.25) is 0 Å². The molecule has 5 heteroatoms. The van der Waals surface area contributed by atoms with Gasteiger partial charge in [-0.2, -0.15) is 0 Å². The number of benzene rings is 1. The number of aryl methyl sites for hydroxylation is 1. The predicted molar refractivity (Wildman–Crippen MR) is 100 cm³/mol. The quantitative estimate of drug-likeness (QED) is 0.744. The maximum absolute atomic E-state index is 12.5. The largest absolute Gasteiger partial charge is 0.338 e. The van der Waals surface area contributed by atoms with Crippen molar-refractivity contribution in [2.24, 2.45) is 5.73 Å². The van der Waals surface area contributed by atoms with Crippen molar-refractivity contribution in [3.63, 3.8) is 0 Å². The number of nitrogens with zero attached hydrogens (tertiary/aromatic N) is 1. The minimum Gasteiger partial charge on any atom is -0.338 e. The van der Waals surface area contributed by atoms with Crippen LogP contribution in [0.15, 0.2) is 47.8 Å². The van der Waals surface area contributed by atoms with Crippen LogP contribution in [0.4, 0.5) is 0 Å². The number of carbonyl (C=O) groups excluding carboxylic acids is 1. The van der Waals surface area contributed by atoms with Gasteiger partial charge in [-0.05, 0) is 42.8 Å². The van der Waals surface area contributed by atoms with Crippen molar-refractivity contribution in [2.45, 2.75) is 32.2 Å². The highest BCUT2D eigenvalue weighted by atomic mass is 35.5. The molecule has 1 aromatic carbocycles. The van der Waals surface area contributed by atoms with Crippen LogP contribution in [0.5, 0.6) is 0 Å². The number of hydrogen-bond acceptors (Lipinski definition) is 3. The molecule has 3 nitrogen and oxygen atoms in total. The lowest BCUT2D eigenvalue weighted by molar-refractivity contribution is -0.132. The summed E-state index contributed by atoms with van der Waals surface area (Å²) in [5, 5.41) is 2.08. The van der Waals surface area contributed by atoms with Gasteiger partial charge in [0.25, 0.3) is 0 Å². The molecule has 2 aromatic rings. The molecule has 1 aromatic heterocycles. The zero-order valence-corrected chi connectivity index (χ0v) is 15.0. The van der Waals surface area contributed by atoms with Crippen molar-refractivity contribution in [1.29, 1.82) is 0 Å². The average Bonchev–Trinajstić information content (AvgIpc) is 3.05. The molecule has 0 aliphatic rings. The molecular formula is C18H25ClN2OS. The Morgan fingerprint density at radius 3 is 2.52 bits per heavy atom. The van der Waals surface area contributed by atoms with E-state index in [9.17, 15) is 4.79 Å². The average molecular weight is 353 g/mol. The zero-order valence-electron chi connectivity index (χ0n) is 13.3. The van der Waals surface area contributed by atoms with E-state index in [1.165, 1.54) is 10.4 Å². The third-order valence-corrected chi connectivity index (χ3v) is 4.53. The third-order valence-electron chi connectivity index (χ3n) is 3.60. The minimum atomic E-state index is 0. The highest BCUT2D eigenvalue weighted by molar-refractivity contribution is 7.09. The molecule has 0 radical (unpaired) electrons. The summed E-state index contributed by atoms with van der Waals surface area (Å²) in [6, 6.07) is 14.3. The molecule has 0 spiro atoms. The van der Waals surface area contributed by atoms with Gasteiger partial charge in [-0.3, -0.25) is 4.79 Å². The van der Waals surface area contributed by atoms with Crippen LogP contribution in [0.1, 0.15) is 29.7 Å². The zero-order chi connectivity index (χ0) is 15.6. The second-order valence-corrected chi connectivity index (χ2v) is 6.41. The lowest BCUT2D eigenvalue weighted by atomic mass is 10.1. The van der Waals surface area contributed by atoms with E-state index in [2.05, 4.69) is 29.6 Å². The van der Waals surface area contributed by atoms with Gasteiger partial charge in [0.15, 0.2) is 0 Å². The Balaban J connectivity index is 0.00000264. The van der Waals surface area contributed by atoms with Gasteiger partial charge >= 0.3 is 0 Å². The maximum Gasteiger partial charge on any atom is 0.222 e. The molecule has 1 heterocycles. The van der Waals surface area contributed by atoms with Gasteiger partial charge in [0.1, 0.15) is 0 Å². The number of rotatable bonds is 9. The van der Waals surface area contributed by atoms with Gasteiger partial charge in [0.2, 0.25) is 5.91 Å². The maximum atomic E-state index is 12.5. The number of nitrogens with two attached hydrogens (primary N) is 1. The van der Waals surface area contributed by atoms with E-state index in [-0.39, 0.29) is 18.3 Å². The summed E-state index contributed by atoms with van der Waals surface area (Å²) in [6.45, 7) is 2.04. The van der Waals surface area contributed by atoms with Crippen LogP contribution in [-0.4, -0.2) is 23.9 Å². The summed E-state index contributed by atoms with van der Waals surface area (Å²) in [5.41, 5.74) is 6.77. The Labute approximate surface area is 148 Å². The fourth-order valence-electron chi connectivity index (χ4n) is 2.40. The van der Waals surface area contributed by atoms with Gasteiger partial charge in [-0.15, -0.1) is 23.7 Å². The van der Waals surface area contributed by atoms with Crippen molar-refractivity contribution in [2.75, 3.05) is 13.1 Å². The van der Waals surface area contributed by atoms with Crippen LogP contribution >= 0.6 is 23.7 Å². The van der Waals surface area contributed by atoms with Gasteiger partial charge in [0, 0.05) is 24.4 Å². The van der Waals surface area contributed by atoms with E-state index in [1.54, 1.807) is 11.3 Å². The molecule has 126 valence electrons. The first kappa shape index (κ1) is 19.7. The Kier molecular flexibility index (Phi) is 9.60. The predicted octanol–water partition coefficient (Wildman–Crippen LogP) is 3.87. The molecule has 0 saturated heterocycles. The molecule has 0 saturated carbocycles. The normalized spacial score (nSPS) is 10.1. The van der Waals surface area contributed by atoms with E-state index < -0.39 is 0 Å². The molecule has 0 aliphatic heterocycles. The number of hydrogen-bond donors (Lipinski definition) is 1. The number of halogens is 1. The van der Waals surface area contributed by atoms with Gasteiger partial charge < -0.3 is 10.6 Å². The van der Waals surface area contributed by atoms with E-state index in [4.69, 9.17) is 5.73 Å². The Hall–Kier alpha value is -1.36. The third kappa shape index (κ3) is 7.16. The molecule has 0 fully saturated rings. The topological polar surface area (TPSA) is 46.3 Å². The summed E-state index contributed by atoms with van der Waals surface area (Å²) in [7, 11) is 0. The fourth-order valence-corrected chi connectivity index (χ4v) is 3.16.